The van der Waals surface area contributed by atoms with Crippen LogP contribution in [0.4, 0.5) is 5.69 Å². The van der Waals surface area contributed by atoms with E-state index in [2.05, 4.69) is 10.6 Å². The van der Waals surface area contributed by atoms with Gasteiger partial charge in [-0.25, -0.2) is 0 Å². The molecule has 2 atom stereocenters. The zero-order chi connectivity index (χ0) is 19.7. The molecule has 0 aliphatic heterocycles. The maximum Gasteiger partial charge on any atom is 0.320 e. The number of carbonyl (C=O) groups excluding carboxylic acids is 2. The minimum atomic E-state index is -0.974. The van der Waals surface area contributed by atoms with Crippen LogP contribution in [-0.4, -0.2) is 53.0 Å². The van der Waals surface area contributed by atoms with Crippen molar-refractivity contribution >= 4 is 35.9 Å². The van der Waals surface area contributed by atoms with Gasteiger partial charge in [0.2, 0.25) is 5.91 Å². The first-order valence-corrected chi connectivity index (χ1v) is 9.03. The van der Waals surface area contributed by atoms with Crippen LogP contribution >= 0.6 is 12.4 Å². The van der Waals surface area contributed by atoms with Gasteiger partial charge in [0.25, 0.3) is 5.91 Å². The standard InChI is InChI=1S/C19H29N3O4.ClH/c1-5-9-16(19(25)26)20-13(4)17(23)21-15-11-8-10-14(12-15)18(24)22(6-2)7-3;/h8,10-13,16,20H,5-7,9H2,1-4H3,(H,21,23)(H,25,26);1H. The number of hydrogen-bond acceptors (Lipinski definition) is 4. The van der Waals surface area contributed by atoms with E-state index in [1.807, 2.05) is 20.8 Å². The number of nitrogens with one attached hydrogen (secondary N) is 2. The van der Waals surface area contributed by atoms with Crippen LogP contribution in [-0.2, 0) is 9.59 Å². The fourth-order valence-corrected chi connectivity index (χ4v) is 2.62. The van der Waals surface area contributed by atoms with E-state index in [0.29, 0.717) is 37.2 Å². The van der Waals surface area contributed by atoms with E-state index in [0.717, 1.165) is 0 Å². The number of aliphatic carboxylic acids is 1. The Balaban J connectivity index is 0.00000676. The van der Waals surface area contributed by atoms with Crippen molar-refractivity contribution in [2.45, 2.75) is 52.6 Å². The number of amides is 2. The first-order chi connectivity index (χ1) is 12.3. The highest BCUT2D eigenvalue weighted by Crippen LogP contribution is 2.13. The molecule has 0 fully saturated rings. The maximum absolute atomic E-state index is 12.4. The third kappa shape index (κ3) is 7.56. The highest BCUT2D eigenvalue weighted by molar-refractivity contribution is 5.98. The lowest BCUT2D eigenvalue weighted by Gasteiger charge is -2.20. The summed E-state index contributed by atoms with van der Waals surface area (Å²) in [5.41, 5.74) is 1.01. The largest absolute Gasteiger partial charge is 0.480 e. The summed E-state index contributed by atoms with van der Waals surface area (Å²) >= 11 is 0. The van der Waals surface area contributed by atoms with Crippen LogP contribution in [0.25, 0.3) is 0 Å². The van der Waals surface area contributed by atoms with Gasteiger partial charge in [-0.2, -0.15) is 0 Å². The predicted octanol–water partition coefficient (Wildman–Crippen LogP) is 2.76. The predicted molar refractivity (Wildman–Crippen MR) is 109 cm³/mol. The average molecular weight is 400 g/mol. The second-order valence-electron chi connectivity index (χ2n) is 6.12. The minimum absolute atomic E-state index is 0. The molecule has 0 aromatic heterocycles. The summed E-state index contributed by atoms with van der Waals surface area (Å²) in [5, 5.41) is 14.7. The molecule has 0 bridgehead atoms. The molecule has 0 saturated heterocycles. The summed E-state index contributed by atoms with van der Waals surface area (Å²) in [6, 6.07) is 5.30. The molecule has 0 radical (unpaired) electrons. The average Bonchev–Trinajstić information content (AvgIpc) is 2.62. The molecule has 1 rings (SSSR count). The van der Waals surface area contributed by atoms with Gasteiger partial charge >= 0.3 is 5.97 Å². The third-order valence-corrected chi connectivity index (χ3v) is 4.15. The molecule has 2 amide bonds. The molecule has 0 spiro atoms. The van der Waals surface area contributed by atoms with E-state index >= 15 is 0 Å². The second-order valence-corrected chi connectivity index (χ2v) is 6.12. The van der Waals surface area contributed by atoms with Crippen molar-refractivity contribution in [2.24, 2.45) is 0 Å². The Labute approximate surface area is 166 Å². The van der Waals surface area contributed by atoms with Gasteiger partial charge in [0.15, 0.2) is 0 Å². The Morgan fingerprint density at radius 3 is 2.30 bits per heavy atom. The van der Waals surface area contributed by atoms with Crippen LogP contribution in [0.5, 0.6) is 0 Å². The van der Waals surface area contributed by atoms with Gasteiger partial charge in [-0.1, -0.05) is 19.4 Å². The molecule has 27 heavy (non-hydrogen) atoms. The molecule has 1 aromatic rings. The number of carboxylic acid groups (broad SMARTS) is 1. The van der Waals surface area contributed by atoms with E-state index in [9.17, 15) is 19.5 Å². The van der Waals surface area contributed by atoms with Crippen molar-refractivity contribution in [3.8, 4) is 0 Å². The van der Waals surface area contributed by atoms with Crippen LogP contribution in [0, 0.1) is 0 Å². The lowest BCUT2D eigenvalue weighted by atomic mass is 10.1. The molecule has 0 heterocycles. The molecule has 1 aromatic carbocycles. The normalized spacial score (nSPS) is 12.4. The van der Waals surface area contributed by atoms with Gasteiger partial charge in [0.1, 0.15) is 6.04 Å². The van der Waals surface area contributed by atoms with Crippen LogP contribution in [0.1, 0.15) is 50.9 Å². The van der Waals surface area contributed by atoms with Crippen molar-refractivity contribution in [1.29, 1.82) is 0 Å². The Bertz CT molecular complexity index is 635. The topological polar surface area (TPSA) is 98.7 Å². The van der Waals surface area contributed by atoms with Crippen LogP contribution < -0.4 is 10.6 Å². The van der Waals surface area contributed by atoms with Gasteiger partial charge in [0, 0.05) is 24.3 Å². The SMILES string of the molecule is CCCC(NC(C)C(=O)Nc1cccc(C(=O)N(CC)CC)c1)C(=O)O.Cl. The second kappa shape index (κ2) is 12.3. The van der Waals surface area contributed by atoms with Crippen molar-refractivity contribution in [3.05, 3.63) is 29.8 Å². The van der Waals surface area contributed by atoms with E-state index in [-0.39, 0.29) is 24.2 Å². The Hall–Kier alpha value is -2.12. The van der Waals surface area contributed by atoms with E-state index in [1.165, 1.54) is 0 Å². The summed E-state index contributed by atoms with van der Waals surface area (Å²) in [4.78, 5) is 37.7. The summed E-state index contributed by atoms with van der Waals surface area (Å²) in [5.74, 6) is -1.41. The van der Waals surface area contributed by atoms with Gasteiger partial charge in [-0.15, -0.1) is 12.4 Å². The van der Waals surface area contributed by atoms with Gasteiger partial charge < -0.3 is 15.3 Å². The number of carboxylic acids is 1. The molecule has 0 aliphatic carbocycles. The molecule has 3 N–H and O–H groups in total. The highest BCUT2D eigenvalue weighted by Gasteiger charge is 2.22. The molecule has 7 nitrogen and oxygen atoms in total. The summed E-state index contributed by atoms with van der Waals surface area (Å²) in [6.45, 7) is 8.56. The Morgan fingerprint density at radius 2 is 1.78 bits per heavy atom. The lowest BCUT2D eigenvalue weighted by Crippen LogP contribution is -2.47. The number of halogens is 1. The molecule has 2 unspecified atom stereocenters. The van der Waals surface area contributed by atoms with Crippen molar-refractivity contribution in [3.63, 3.8) is 0 Å². The van der Waals surface area contributed by atoms with Gasteiger partial charge in [-0.05, 0) is 45.4 Å². The molecule has 0 saturated carbocycles. The fraction of sp³-hybridized carbons (Fsp3) is 0.526. The summed E-state index contributed by atoms with van der Waals surface area (Å²) in [6.07, 6.45) is 1.15. The maximum atomic E-state index is 12.4. The number of hydrogen-bond donors (Lipinski definition) is 3. The number of rotatable bonds is 10. The monoisotopic (exact) mass is 399 g/mol. The molecule has 0 aliphatic rings. The summed E-state index contributed by atoms with van der Waals surface area (Å²) in [7, 11) is 0. The molecular formula is C19H30ClN3O4. The first kappa shape index (κ1) is 24.9. The number of nitrogens with zero attached hydrogens (tertiary/aromatic N) is 1. The van der Waals surface area contributed by atoms with E-state index < -0.39 is 18.1 Å². The fourth-order valence-electron chi connectivity index (χ4n) is 2.62. The van der Waals surface area contributed by atoms with Gasteiger partial charge in [-0.3, -0.25) is 19.7 Å². The number of carbonyl (C=O) groups is 3. The quantitative estimate of drug-likeness (QED) is 0.561. The van der Waals surface area contributed by atoms with Crippen molar-refractivity contribution < 1.29 is 19.5 Å². The third-order valence-electron chi connectivity index (χ3n) is 4.15. The Morgan fingerprint density at radius 1 is 1.15 bits per heavy atom. The smallest absolute Gasteiger partial charge is 0.320 e. The zero-order valence-electron chi connectivity index (χ0n) is 16.3. The van der Waals surface area contributed by atoms with Crippen LogP contribution in [0.2, 0.25) is 0 Å². The first-order valence-electron chi connectivity index (χ1n) is 9.03. The molecule has 152 valence electrons. The zero-order valence-corrected chi connectivity index (χ0v) is 17.1. The highest BCUT2D eigenvalue weighted by atomic mass is 35.5. The minimum Gasteiger partial charge on any atom is -0.480 e. The van der Waals surface area contributed by atoms with Crippen LogP contribution in [0.15, 0.2) is 24.3 Å². The van der Waals surface area contributed by atoms with E-state index in [1.54, 1.807) is 36.1 Å². The van der Waals surface area contributed by atoms with Crippen molar-refractivity contribution in [2.75, 3.05) is 18.4 Å². The molecule has 8 heteroatoms. The number of anilines is 1. The van der Waals surface area contributed by atoms with Crippen LogP contribution in [0.3, 0.4) is 0 Å². The lowest BCUT2D eigenvalue weighted by molar-refractivity contribution is -0.140. The summed E-state index contributed by atoms with van der Waals surface area (Å²) < 4.78 is 0. The Kier molecular flexibility index (Phi) is 11.3. The van der Waals surface area contributed by atoms with Gasteiger partial charge in [0.05, 0.1) is 6.04 Å². The number of benzene rings is 1. The molecular weight excluding hydrogens is 370 g/mol. The van der Waals surface area contributed by atoms with Crippen molar-refractivity contribution in [1.82, 2.24) is 10.2 Å². The van der Waals surface area contributed by atoms with E-state index in [4.69, 9.17) is 0 Å².